The van der Waals surface area contributed by atoms with Crippen LogP contribution in [0.25, 0.3) is 11.5 Å². The monoisotopic (exact) mass is 250 g/mol. The molecule has 1 aliphatic heterocycles. The summed E-state index contributed by atoms with van der Waals surface area (Å²) in [6.07, 6.45) is 2.42. The van der Waals surface area contributed by atoms with Gasteiger partial charge in [-0.15, -0.1) is 5.10 Å². The molecule has 1 N–H and O–H groups in total. The van der Waals surface area contributed by atoms with Crippen molar-refractivity contribution in [2.75, 3.05) is 25.1 Å². The van der Waals surface area contributed by atoms with E-state index < -0.39 is 6.17 Å². The summed E-state index contributed by atoms with van der Waals surface area (Å²) >= 11 is 0. The van der Waals surface area contributed by atoms with Crippen LogP contribution in [0.2, 0.25) is 0 Å². The lowest BCUT2D eigenvalue weighted by atomic mass is 10.2. The largest absolute Gasteiger partial charge is 0.479 e. The first kappa shape index (κ1) is 10.9. The zero-order chi connectivity index (χ0) is 12.5. The summed E-state index contributed by atoms with van der Waals surface area (Å²) in [7, 11) is 1.52. The average Bonchev–Trinajstić information content (AvgIpc) is 2.88. The number of nitrogens with zero attached hydrogens (tertiary/aromatic N) is 5. The minimum absolute atomic E-state index is 0.350. The Hall–Kier alpha value is -2.25. The molecular weight excluding hydrogens is 239 g/mol. The number of ether oxygens (including phenoxy) is 1. The zero-order valence-corrected chi connectivity index (χ0v) is 9.67. The van der Waals surface area contributed by atoms with Crippen LogP contribution in [0.15, 0.2) is 12.4 Å². The topological polar surface area (TPSA) is 79.8 Å². The molecule has 0 amide bonds. The molecule has 0 aliphatic carbocycles. The summed E-state index contributed by atoms with van der Waals surface area (Å²) in [5.41, 5.74) is 1.23. The smallest absolute Gasteiger partial charge is 0.241 e. The Bertz CT molecular complexity index is 539. The van der Waals surface area contributed by atoms with Crippen molar-refractivity contribution in [3.05, 3.63) is 12.4 Å². The third-order valence-corrected chi connectivity index (χ3v) is 2.75. The van der Waals surface area contributed by atoms with Gasteiger partial charge in [-0.2, -0.15) is 4.98 Å². The number of H-pyrrole nitrogens is 1. The van der Waals surface area contributed by atoms with E-state index in [1.54, 1.807) is 12.4 Å². The molecule has 3 rings (SSSR count). The third-order valence-electron chi connectivity index (χ3n) is 2.75. The summed E-state index contributed by atoms with van der Waals surface area (Å²) in [6.45, 7) is 0.700. The zero-order valence-electron chi connectivity index (χ0n) is 9.67. The molecule has 94 valence electrons. The lowest BCUT2D eigenvalue weighted by Crippen LogP contribution is -2.48. The molecule has 0 saturated carbocycles. The predicted octanol–water partition coefficient (Wildman–Crippen LogP) is 0.428. The Kier molecular flexibility index (Phi) is 2.54. The van der Waals surface area contributed by atoms with Gasteiger partial charge < -0.3 is 9.64 Å². The first-order valence-corrected chi connectivity index (χ1v) is 5.45. The molecule has 1 aliphatic rings. The lowest BCUT2D eigenvalue weighted by molar-refractivity contribution is 0.272. The maximum Gasteiger partial charge on any atom is 0.241 e. The Morgan fingerprint density at radius 1 is 1.50 bits per heavy atom. The van der Waals surface area contributed by atoms with E-state index in [1.807, 2.05) is 4.90 Å². The van der Waals surface area contributed by atoms with Gasteiger partial charge in [0.05, 0.1) is 32.6 Å². The SMILES string of the molecule is COc1nc(-c2c[nH]nn2)ncc1N1CC(F)C1. The summed E-state index contributed by atoms with van der Waals surface area (Å²) in [5, 5.41) is 10.0. The molecule has 1 saturated heterocycles. The van der Waals surface area contributed by atoms with Crippen molar-refractivity contribution in [3.8, 4) is 17.4 Å². The van der Waals surface area contributed by atoms with Crippen LogP contribution in [0.5, 0.6) is 5.88 Å². The average molecular weight is 250 g/mol. The van der Waals surface area contributed by atoms with Gasteiger partial charge in [-0.3, -0.25) is 5.10 Å². The number of alkyl halides is 1. The molecule has 0 radical (unpaired) electrons. The fraction of sp³-hybridized carbons (Fsp3) is 0.400. The molecule has 2 aromatic heterocycles. The summed E-state index contributed by atoms with van der Waals surface area (Å²) in [5.74, 6) is 0.830. The predicted molar refractivity (Wildman–Crippen MR) is 61.1 cm³/mol. The number of halogens is 1. The number of anilines is 1. The van der Waals surface area contributed by atoms with Crippen LogP contribution < -0.4 is 9.64 Å². The van der Waals surface area contributed by atoms with Crippen molar-refractivity contribution in [1.29, 1.82) is 0 Å². The van der Waals surface area contributed by atoms with Crippen molar-refractivity contribution in [2.45, 2.75) is 6.17 Å². The van der Waals surface area contributed by atoms with Crippen LogP contribution in [-0.2, 0) is 0 Å². The summed E-state index contributed by atoms with van der Waals surface area (Å²) in [6, 6.07) is 0. The van der Waals surface area contributed by atoms with Crippen molar-refractivity contribution >= 4 is 5.69 Å². The Morgan fingerprint density at radius 2 is 2.33 bits per heavy atom. The summed E-state index contributed by atoms with van der Waals surface area (Å²) < 4.78 is 18.0. The normalized spacial score (nSPS) is 15.6. The third kappa shape index (κ3) is 1.75. The van der Waals surface area contributed by atoms with Crippen molar-refractivity contribution in [1.82, 2.24) is 25.4 Å². The van der Waals surface area contributed by atoms with E-state index in [4.69, 9.17) is 4.74 Å². The van der Waals surface area contributed by atoms with Crippen LogP contribution in [0.1, 0.15) is 0 Å². The van der Waals surface area contributed by atoms with Gasteiger partial charge in [0.15, 0.2) is 5.82 Å². The van der Waals surface area contributed by atoms with Crippen LogP contribution in [0, 0.1) is 0 Å². The van der Waals surface area contributed by atoms with Gasteiger partial charge in [-0.05, 0) is 0 Å². The van der Waals surface area contributed by atoms with Gasteiger partial charge in [0.1, 0.15) is 17.6 Å². The van der Waals surface area contributed by atoms with Crippen LogP contribution in [-0.4, -0.2) is 51.7 Å². The minimum atomic E-state index is -0.787. The first-order chi connectivity index (χ1) is 8.78. The number of aromatic amines is 1. The second-order valence-corrected chi connectivity index (χ2v) is 3.95. The highest BCUT2D eigenvalue weighted by atomic mass is 19.1. The molecule has 2 aromatic rings. The fourth-order valence-electron chi connectivity index (χ4n) is 1.78. The van der Waals surface area contributed by atoms with E-state index in [0.717, 1.165) is 0 Å². The molecule has 0 unspecified atom stereocenters. The second kappa shape index (κ2) is 4.21. The van der Waals surface area contributed by atoms with Gasteiger partial charge in [0.2, 0.25) is 5.88 Å². The number of rotatable bonds is 3. The first-order valence-electron chi connectivity index (χ1n) is 5.45. The van der Waals surface area contributed by atoms with Crippen molar-refractivity contribution < 1.29 is 9.13 Å². The Labute approximate surface area is 102 Å². The fourth-order valence-corrected chi connectivity index (χ4v) is 1.78. The summed E-state index contributed by atoms with van der Waals surface area (Å²) in [4.78, 5) is 10.3. The molecule has 3 heterocycles. The molecule has 7 nitrogen and oxygen atoms in total. The molecule has 8 heteroatoms. The van der Waals surface area contributed by atoms with Gasteiger partial charge in [0, 0.05) is 0 Å². The maximum atomic E-state index is 12.8. The highest BCUT2D eigenvalue weighted by Gasteiger charge is 2.29. The number of nitrogens with one attached hydrogen (secondary N) is 1. The number of hydrogen-bond donors (Lipinski definition) is 1. The van der Waals surface area contributed by atoms with E-state index >= 15 is 0 Å². The molecule has 0 spiro atoms. The number of hydrogen-bond acceptors (Lipinski definition) is 6. The molecule has 18 heavy (non-hydrogen) atoms. The van der Waals surface area contributed by atoms with Crippen molar-refractivity contribution in [2.24, 2.45) is 0 Å². The van der Waals surface area contributed by atoms with Crippen LogP contribution in [0.3, 0.4) is 0 Å². The highest BCUT2D eigenvalue weighted by molar-refractivity contribution is 5.59. The standard InChI is InChI=1S/C10H11FN6O/c1-18-10-8(17-4-6(11)5-17)3-12-9(14-10)7-2-13-16-15-7/h2-3,6H,4-5H2,1H3,(H,13,15,16). The minimum Gasteiger partial charge on any atom is -0.479 e. The van der Waals surface area contributed by atoms with E-state index in [2.05, 4.69) is 25.4 Å². The van der Waals surface area contributed by atoms with E-state index in [0.29, 0.717) is 36.2 Å². The van der Waals surface area contributed by atoms with Gasteiger partial charge >= 0.3 is 0 Å². The quantitative estimate of drug-likeness (QED) is 0.850. The molecular formula is C10H11FN6O. The second-order valence-electron chi connectivity index (χ2n) is 3.95. The molecule has 0 bridgehead atoms. The number of methoxy groups -OCH3 is 1. The molecule has 0 atom stereocenters. The van der Waals surface area contributed by atoms with Gasteiger partial charge in [0.25, 0.3) is 0 Å². The lowest BCUT2D eigenvalue weighted by Gasteiger charge is -2.36. The number of aromatic nitrogens is 5. The van der Waals surface area contributed by atoms with Crippen molar-refractivity contribution in [3.63, 3.8) is 0 Å². The molecule has 0 aromatic carbocycles. The van der Waals surface area contributed by atoms with E-state index in [9.17, 15) is 4.39 Å². The Morgan fingerprint density at radius 3 is 2.94 bits per heavy atom. The molecule has 1 fully saturated rings. The van der Waals surface area contributed by atoms with E-state index in [-0.39, 0.29) is 0 Å². The Balaban J connectivity index is 1.93. The highest BCUT2D eigenvalue weighted by Crippen LogP contribution is 2.31. The van der Waals surface area contributed by atoms with Gasteiger partial charge in [-0.1, -0.05) is 5.21 Å². The van der Waals surface area contributed by atoms with Crippen LogP contribution >= 0.6 is 0 Å². The van der Waals surface area contributed by atoms with E-state index in [1.165, 1.54) is 7.11 Å². The van der Waals surface area contributed by atoms with Crippen LogP contribution in [0.4, 0.5) is 10.1 Å². The van der Waals surface area contributed by atoms with Gasteiger partial charge in [-0.25, -0.2) is 9.37 Å². The maximum absolute atomic E-state index is 12.8.